The molecule has 0 aliphatic carbocycles. The van der Waals surface area contributed by atoms with Crippen LogP contribution < -0.4 is 0 Å². The van der Waals surface area contributed by atoms with Crippen molar-refractivity contribution >= 4 is 29.6 Å². The van der Waals surface area contributed by atoms with E-state index < -0.39 is 0 Å². The number of hydrogen-bond acceptors (Lipinski definition) is 6. The van der Waals surface area contributed by atoms with Crippen molar-refractivity contribution in [1.29, 1.82) is 31.6 Å². The molecule has 6 nitrogen and oxygen atoms in total. The van der Waals surface area contributed by atoms with Gasteiger partial charge in [-0.2, -0.15) is 0 Å². The molecule has 0 atom stereocenters. The van der Waals surface area contributed by atoms with Gasteiger partial charge in [-0.15, -0.1) is 0 Å². The molecule has 0 heterocycles. The van der Waals surface area contributed by atoms with Gasteiger partial charge in [0.25, 0.3) is 0 Å². The molecule has 0 aliphatic rings. The van der Waals surface area contributed by atoms with E-state index in [2.05, 4.69) is 39.4 Å². The SMILES string of the molecule is C#N.C#N.C#N.C#N.C#N.C#N.[Fe].[Mn].[NaH]. The molecule has 0 aromatic rings. The molecule has 0 spiro atoms. The van der Waals surface area contributed by atoms with E-state index in [1.54, 1.807) is 0 Å². The summed E-state index contributed by atoms with van der Waals surface area (Å²) in [5.41, 5.74) is 0. The van der Waals surface area contributed by atoms with Crippen molar-refractivity contribution in [1.82, 2.24) is 0 Å². The van der Waals surface area contributed by atoms with Crippen molar-refractivity contribution in [2.75, 3.05) is 0 Å². The summed E-state index contributed by atoms with van der Waals surface area (Å²) in [6.45, 7) is 21.0. The average molecular weight is 297 g/mol. The average Bonchev–Trinajstić information content (AvgIpc) is 2.33. The van der Waals surface area contributed by atoms with Gasteiger partial charge in [0.1, 0.15) is 0 Å². The predicted octanol–water partition coefficient (Wildman–Crippen LogP) is 0.185. The molecule has 0 amide bonds. The second-order valence-corrected chi connectivity index (χ2v) is 0. The molecule has 0 fully saturated rings. The quantitative estimate of drug-likeness (QED) is 0.583. The van der Waals surface area contributed by atoms with Crippen LogP contribution >= 0.6 is 0 Å². The Morgan fingerprint density at radius 2 is 0.400 bits per heavy atom. The fourth-order valence-corrected chi connectivity index (χ4v) is 0. The van der Waals surface area contributed by atoms with Gasteiger partial charge in [0, 0.05) is 73.6 Å². The molecule has 77 valence electrons. The van der Waals surface area contributed by atoms with Crippen molar-refractivity contribution in [2.24, 2.45) is 0 Å². The molecular weight excluding hydrogens is 290 g/mol. The van der Waals surface area contributed by atoms with Gasteiger partial charge >= 0.3 is 29.6 Å². The Labute approximate surface area is 134 Å². The van der Waals surface area contributed by atoms with E-state index in [1.807, 2.05) is 0 Å². The van der Waals surface area contributed by atoms with E-state index >= 15 is 0 Å². The minimum absolute atomic E-state index is 0. The van der Waals surface area contributed by atoms with Crippen LogP contribution in [0.4, 0.5) is 0 Å². The van der Waals surface area contributed by atoms with Crippen LogP contribution in [0.5, 0.6) is 0 Å². The van der Waals surface area contributed by atoms with E-state index in [0.717, 1.165) is 0 Å². The van der Waals surface area contributed by atoms with Crippen molar-refractivity contribution in [2.45, 2.75) is 0 Å². The maximum atomic E-state index is 6.50. The van der Waals surface area contributed by atoms with Crippen molar-refractivity contribution in [3.8, 4) is 39.4 Å². The summed E-state index contributed by atoms with van der Waals surface area (Å²) in [5, 5.41) is 39.0. The van der Waals surface area contributed by atoms with Crippen molar-refractivity contribution in [3.05, 3.63) is 0 Å². The van der Waals surface area contributed by atoms with Crippen LogP contribution in [0, 0.1) is 71.0 Å². The Bertz CT molecular complexity index is 103. The molecule has 0 N–H and O–H groups in total. The van der Waals surface area contributed by atoms with Gasteiger partial charge in [-0.1, -0.05) is 0 Å². The Morgan fingerprint density at radius 1 is 0.400 bits per heavy atom. The van der Waals surface area contributed by atoms with Gasteiger partial charge in [-0.25, -0.2) is 31.6 Å². The molecule has 1 radical (unpaired) electrons. The summed E-state index contributed by atoms with van der Waals surface area (Å²) < 4.78 is 0. The second kappa shape index (κ2) is 1790. The molecule has 0 aromatic heterocycles. The Morgan fingerprint density at radius 3 is 0.400 bits per heavy atom. The molecule has 0 unspecified atom stereocenters. The third-order valence-electron chi connectivity index (χ3n) is 0. The zero-order chi connectivity index (χ0) is 12.0. The van der Waals surface area contributed by atoms with Gasteiger partial charge in [-0.05, 0) is 0 Å². The standard InChI is InChI=1S/6CHN.Fe.Mn.Na.H/c6*1-2;;;;/h6*1H;;;;. The molecule has 9 heteroatoms. The summed E-state index contributed by atoms with van der Waals surface area (Å²) in [6, 6.07) is 0. The van der Waals surface area contributed by atoms with Crippen molar-refractivity contribution < 1.29 is 34.1 Å². The number of hydrogen-bond donors (Lipinski definition) is 0. The summed E-state index contributed by atoms with van der Waals surface area (Å²) in [7, 11) is 0. The molecule has 0 aliphatic heterocycles. The molecule has 0 saturated heterocycles. The van der Waals surface area contributed by atoms with E-state index in [-0.39, 0.29) is 63.7 Å². The van der Waals surface area contributed by atoms with Crippen LogP contribution in [0.1, 0.15) is 0 Å². The van der Waals surface area contributed by atoms with Crippen LogP contribution in [-0.4, -0.2) is 29.6 Å². The molecular formula is C6H7FeMnN6Na. The summed E-state index contributed by atoms with van der Waals surface area (Å²) >= 11 is 0. The molecule has 0 saturated carbocycles. The van der Waals surface area contributed by atoms with Gasteiger partial charge in [-0.3, -0.25) is 0 Å². The number of rotatable bonds is 0. The first kappa shape index (κ1) is 95.0. The third-order valence-corrected chi connectivity index (χ3v) is 0. The maximum absolute atomic E-state index is 6.50. The minimum atomic E-state index is 0. The Kier molecular flexibility index (Phi) is 11300. The normalized spacial score (nSPS) is 0.800. The number of nitriles is 6. The first-order valence-corrected chi connectivity index (χ1v) is 1.55. The van der Waals surface area contributed by atoms with Gasteiger partial charge in [0.15, 0.2) is 0 Å². The van der Waals surface area contributed by atoms with Crippen LogP contribution in [0.3, 0.4) is 0 Å². The fourth-order valence-electron chi connectivity index (χ4n) is 0. The molecule has 0 aromatic carbocycles. The van der Waals surface area contributed by atoms with E-state index in [4.69, 9.17) is 31.6 Å². The summed E-state index contributed by atoms with van der Waals surface area (Å²) in [5.74, 6) is 0. The predicted molar refractivity (Wildman–Crippen MR) is 47.2 cm³/mol. The summed E-state index contributed by atoms with van der Waals surface area (Å²) in [6.07, 6.45) is 0. The van der Waals surface area contributed by atoms with Crippen LogP contribution in [-0.2, 0) is 34.1 Å². The van der Waals surface area contributed by atoms with Crippen molar-refractivity contribution in [3.63, 3.8) is 0 Å². The van der Waals surface area contributed by atoms with Gasteiger partial charge < -0.3 is 0 Å². The molecule has 0 rings (SSSR count). The van der Waals surface area contributed by atoms with Crippen LogP contribution in [0.15, 0.2) is 0 Å². The van der Waals surface area contributed by atoms with Gasteiger partial charge in [0.2, 0.25) is 0 Å². The Balaban J connectivity index is -0.00000000396. The number of nitrogens with zero attached hydrogens (tertiary/aromatic N) is 6. The third kappa shape index (κ3) is 1500. The first-order chi connectivity index (χ1) is 6.00. The first-order valence-electron chi connectivity index (χ1n) is 1.55. The monoisotopic (exact) mass is 297 g/mol. The zero-order valence-corrected chi connectivity index (χ0v) is 9.16. The van der Waals surface area contributed by atoms with Crippen LogP contribution in [0.25, 0.3) is 0 Å². The molecule has 15 heavy (non-hydrogen) atoms. The second-order valence-electron chi connectivity index (χ2n) is 0. The fraction of sp³-hybridized carbons (Fsp3) is 0. The zero-order valence-electron chi connectivity index (χ0n) is 6.88. The van der Waals surface area contributed by atoms with E-state index in [0.29, 0.717) is 0 Å². The van der Waals surface area contributed by atoms with Gasteiger partial charge in [0.05, 0.1) is 0 Å². The topological polar surface area (TPSA) is 143 Å². The Hall–Kier alpha value is -1.02. The molecule has 0 bridgehead atoms. The summed E-state index contributed by atoms with van der Waals surface area (Å²) in [4.78, 5) is 0. The van der Waals surface area contributed by atoms with Crippen LogP contribution in [0.2, 0.25) is 0 Å². The van der Waals surface area contributed by atoms with E-state index in [9.17, 15) is 0 Å². The van der Waals surface area contributed by atoms with E-state index in [1.165, 1.54) is 0 Å².